The molecule has 0 aliphatic carbocycles. The van der Waals surface area contributed by atoms with Crippen molar-refractivity contribution in [1.82, 2.24) is 14.9 Å². The van der Waals surface area contributed by atoms with E-state index in [4.69, 9.17) is 0 Å². The fourth-order valence-electron chi connectivity index (χ4n) is 2.47. The van der Waals surface area contributed by atoms with Gasteiger partial charge in [-0.05, 0) is 12.8 Å². The normalized spacial score (nSPS) is 16.2. The molecule has 1 aromatic rings. The lowest BCUT2D eigenvalue weighted by Gasteiger charge is -2.25. The van der Waals surface area contributed by atoms with Gasteiger partial charge in [0.05, 0.1) is 6.54 Å². The topological polar surface area (TPSA) is 52.6 Å². The molecule has 0 saturated carbocycles. The number of aromatic nitrogens is 2. The van der Waals surface area contributed by atoms with Crippen LogP contribution in [0.2, 0.25) is 0 Å². The molecular formula is C14H23N5O. The first-order valence-corrected chi connectivity index (χ1v) is 7.14. The van der Waals surface area contributed by atoms with Crippen LogP contribution in [0.3, 0.4) is 0 Å². The van der Waals surface area contributed by atoms with Crippen LogP contribution in [0.25, 0.3) is 0 Å². The molecule has 110 valence electrons. The maximum Gasteiger partial charge on any atom is 0.242 e. The fraction of sp³-hybridized carbons (Fsp3) is 0.643. The Morgan fingerprint density at radius 1 is 1.25 bits per heavy atom. The van der Waals surface area contributed by atoms with Crippen LogP contribution in [0.4, 0.5) is 11.6 Å². The molecule has 0 bridgehead atoms. The number of hydrogen-bond donors (Lipinski definition) is 0. The van der Waals surface area contributed by atoms with E-state index in [1.54, 1.807) is 12.4 Å². The number of hydrogen-bond acceptors (Lipinski definition) is 5. The summed E-state index contributed by atoms with van der Waals surface area (Å²) in [6, 6.07) is 0. The largest absolute Gasteiger partial charge is 0.360 e. The summed E-state index contributed by atoms with van der Waals surface area (Å²) in [7, 11) is 3.88. The second-order valence-electron chi connectivity index (χ2n) is 5.25. The Hall–Kier alpha value is -1.85. The molecule has 0 N–H and O–H groups in total. The first-order chi connectivity index (χ1) is 9.63. The zero-order valence-electron chi connectivity index (χ0n) is 12.5. The van der Waals surface area contributed by atoms with E-state index in [1.807, 2.05) is 28.8 Å². The molecule has 1 saturated heterocycles. The summed E-state index contributed by atoms with van der Waals surface area (Å²) >= 11 is 0. The Bertz CT molecular complexity index is 463. The Labute approximate surface area is 120 Å². The highest BCUT2D eigenvalue weighted by Gasteiger charge is 2.24. The molecule has 0 atom stereocenters. The minimum atomic E-state index is 0.180. The zero-order valence-corrected chi connectivity index (χ0v) is 12.5. The van der Waals surface area contributed by atoms with E-state index in [1.165, 1.54) is 0 Å². The van der Waals surface area contributed by atoms with Gasteiger partial charge < -0.3 is 14.7 Å². The quantitative estimate of drug-likeness (QED) is 0.821. The first kappa shape index (κ1) is 14.6. The lowest BCUT2D eigenvalue weighted by atomic mass is 10.3. The second kappa shape index (κ2) is 6.54. The van der Waals surface area contributed by atoms with Crippen LogP contribution in [0, 0.1) is 0 Å². The lowest BCUT2D eigenvalue weighted by molar-refractivity contribution is -0.129. The number of anilines is 2. The minimum absolute atomic E-state index is 0.180. The van der Waals surface area contributed by atoms with Crippen molar-refractivity contribution in [1.29, 1.82) is 0 Å². The third kappa shape index (κ3) is 3.18. The van der Waals surface area contributed by atoms with Gasteiger partial charge in [0.25, 0.3) is 0 Å². The van der Waals surface area contributed by atoms with Crippen LogP contribution < -0.4 is 9.80 Å². The zero-order chi connectivity index (χ0) is 14.5. The molecule has 1 aliphatic heterocycles. The highest BCUT2D eigenvalue weighted by Crippen LogP contribution is 2.23. The number of carbonyl (C=O) groups excluding carboxylic acids is 1. The number of rotatable bonds is 4. The van der Waals surface area contributed by atoms with Gasteiger partial charge in [0.2, 0.25) is 5.91 Å². The van der Waals surface area contributed by atoms with Crippen molar-refractivity contribution < 1.29 is 4.79 Å². The smallest absolute Gasteiger partial charge is 0.242 e. The van der Waals surface area contributed by atoms with E-state index >= 15 is 0 Å². The molecule has 6 heteroatoms. The second-order valence-corrected chi connectivity index (χ2v) is 5.25. The van der Waals surface area contributed by atoms with Crippen molar-refractivity contribution in [2.24, 2.45) is 0 Å². The van der Waals surface area contributed by atoms with Crippen molar-refractivity contribution in [3.05, 3.63) is 12.4 Å². The Morgan fingerprint density at radius 2 is 2.00 bits per heavy atom. The molecule has 1 aromatic heterocycles. The van der Waals surface area contributed by atoms with Crippen molar-refractivity contribution in [2.45, 2.75) is 19.8 Å². The molecule has 0 spiro atoms. The summed E-state index contributed by atoms with van der Waals surface area (Å²) in [5, 5.41) is 0. The van der Waals surface area contributed by atoms with Crippen molar-refractivity contribution in [2.75, 3.05) is 50.1 Å². The molecule has 0 unspecified atom stereocenters. The van der Waals surface area contributed by atoms with Gasteiger partial charge in [-0.1, -0.05) is 6.92 Å². The molecule has 1 aliphatic rings. The maximum atomic E-state index is 12.3. The third-order valence-corrected chi connectivity index (χ3v) is 3.41. The average Bonchev–Trinajstić information content (AvgIpc) is 2.62. The Balaban J connectivity index is 2.19. The van der Waals surface area contributed by atoms with Crippen molar-refractivity contribution >= 4 is 17.5 Å². The molecule has 0 radical (unpaired) electrons. The third-order valence-electron chi connectivity index (χ3n) is 3.41. The van der Waals surface area contributed by atoms with Gasteiger partial charge in [-0.15, -0.1) is 0 Å². The van der Waals surface area contributed by atoms with Crippen LogP contribution in [0.1, 0.15) is 19.8 Å². The molecular weight excluding hydrogens is 254 g/mol. The summed E-state index contributed by atoms with van der Waals surface area (Å²) in [5.74, 6) is 1.79. The first-order valence-electron chi connectivity index (χ1n) is 7.14. The average molecular weight is 277 g/mol. The van der Waals surface area contributed by atoms with Crippen molar-refractivity contribution in [3.63, 3.8) is 0 Å². The molecule has 6 nitrogen and oxygen atoms in total. The van der Waals surface area contributed by atoms with E-state index in [2.05, 4.69) is 16.9 Å². The van der Waals surface area contributed by atoms with Crippen LogP contribution in [0.15, 0.2) is 12.4 Å². The monoisotopic (exact) mass is 277 g/mol. The number of amides is 1. The summed E-state index contributed by atoms with van der Waals surface area (Å²) in [4.78, 5) is 27.0. The predicted molar refractivity (Wildman–Crippen MR) is 80.1 cm³/mol. The van der Waals surface area contributed by atoms with Crippen molar-refractivity contribution in [3.8, 4) is 0 Å². The maximum absolute atomic E-state index is 12.3. The number of carbonyl (C=O) groups is 1. The van der Waals surface area contributed by atoms with E-state index < -0.39 is 0 Å². The van der Waals surface area contributed by atoms with Gasteiger partial charge in [-0.3, -0.25) is 4.79 Å². The minimum Gasteiger partial charge on any atom is -0.360 e. The molecule has 0 aromatic carbocycles. The van der Waals surface area contributed by atoms with Crippen LogP contribution in [-0.4, -0.2) is 61.0 Å². The van der Waals surface area contributed by atoms with Crippen LogP contribution in [-0.2, 0) is 4.79 Å². The number of nitrogens with zero attached hydrogens (tertiary/aromatic N) is 5. The van der Waals surface area contributed by atoms with Gasteiger partial charge >= 0.3 is 0 Å². The standard InChI is InChI=1S/C14H23N5O/c1-4-8-18-9-5-10-19(11-12(18)20)14-13(17(2)3)15-6-7-16-14/h6-7H,4-5,8-11H2,1-3H3. The molecule has 1 fully saturated rings. The molecule has 20 heavy (non-hydrogen) atoms. The van der Waals surface area contributed by atoms with Gasteiger partial charge in [0.1, 0.15) is 0 Å². The molecule has 2 heterocycles. The summed E-state index contributed by atoms with van der Waals surface area (Å²) in [6.45, 7) is 5.00. The highest BCUT2D eigenvalue weighted by atomic mass is 16.2. The van der Waals surface area contributed by atoms with E-state index in [-0.39, 0.29) is 5.91 Å². The van der Waals surface area contributed by atoms with Crippen LogP contribution >= 0.6 is 0 Å². The summed E-state index contributed by atoms with van der Waals surface area (Å²) in [5.41, 5.74) is 0. The Kier molecular flexibility index (Phi) is 4.76. The summed E-state index contributed by atoms with van der Waals surface area (Å²) < 4.78 is 0. The van der Waals surface area contributed by atoms with E-state index in [9.17, 15) is 4.79 Å². The van der Waals surface area contributed by atoms with Crippen LogP contribution in [0.5, 0.6) is 0 Å². The van der Waals surface area contributed by atoms with Gasteiger partial charge in [0.15, 0.2) is 11.6 Å². The summed E-state index contributed by atoms with van der Waals surface area (Å²) in [6.07, 6.45) is 5.33. The molecule has 1 amide bonds. The predicted octanol–water partition coefficient (Wildman–Crippen LogP) is 0.991. The van der Waals surface area contributed by atoms with Gasteiger partial charge in [0, 0.05) is 46.1 Å². The Morgan fingerprint density at radius 3 is 2.70 bits per heavy atom. The SMILES string of the molecule is CCCN1CCCN(c2nccnc2N(C)C)CC1=O. The molecule has 2 rings (SSSR count). The van der Waals surface area contributed by atoms with Gasteiger partial charge in [-0.25, -0.2) is 9.97 Å². The van der Waals surface area contributed by atoms with Gasteiger partial charge in [-0.2, -0.15) is 0 Å². The fourth-order valence-corrected chi connectivity index (χ4v) is 2.47. The van der Waals surface area contributed by atoms with E-state index in [0.717, 1.165) is 44.1 Å². The highest BCUT2D eigenvalue weighted by molar-refractivity contribution is 5.82. The lowest BCUT2D eigenvalue weighted by Crippen LogP contribution is -2.37. The van der Waals surface area contributed by atoms with E-state index in [0.29, 0.717) is 6.54 Å².